The average molecular weight is 869 g/mol. The van der Waals surface area contributed by atoms with Crippen LogP contribution in [0.2, 0.25) is 0 Å². The summed E-state index contributed by atoms with van der Waals surface area (Å²) in [6.45, 7) is 0. The fourth-order valence-electron chi connectivity index (χ4n) is 11.9. The molecule has 3 heterocycles. The van der Waals surface area contributed by atoms with Gasteiger partial charge in [-0.2, -0.15) is 0 Å². The zero-order valence-electron chi connectivity index (χ0n) is 37.3. The van der Waals surface area contributed by atoms with Crippen LogP contribution in [0.1, 0.15) is 64.9 Å². The lowest BCUT2D eigenvalue weighted by Gasteiger charge is -2.44. The molecule has 13 rings (SSSR count). The van der Waals surface area contributed by atoms with Gasteiger partial charge in [0.25, 0.3) is 0 Å². The first-order valence-corrected chi connectivity index (χ1v) is 23.9. The van der Waals surface area contributed by atoms with Crippen LogP contribution in [0.25, 0.3) is 44.6 Å². The molecule has 6 atom stereocenters. The van der Waals surface area contributed by atoms with E-state index in [0.29, 0.717) is 0 Å². The lowest BCUT2D eigenvalue weighted by atomic mass is 9.83. The Hall–Kier alpha value is -7.48. The van der Waals surface area contributed by atoms with Crippen molar-refractivity contribution in [3.05, 3.63) is 245 Å². The molecule has 7 aromatic carbocycles. The topological polar surface area (TPSA) is 70.3 Å². The standard InChI is InChI=1S/C61H52N6/c62-51-38-44(60-63-59(43-32-30-40(31-33-43)39-16-3-1-4-17-39)64-61(65-60)49-25-10-9-22-45(49)41-18-5-2-6-19-41)34-36-55(51)67-53-27-13-11-24-47(53)48-35-37-56-57(58(48)67)50-26-12-14-28-54(50)66(56)52-29-15-21-42-20-7-8-23-46(42)52/h1-24,26-30,32,34-38,49,56-57,59-61,63-65H,25,31,33,62H2. The van der Waals surface area contributed by atoms with Gasteiger partial charge >= 0.3 is 0 Å². The molecule has 6 nitrogen and oxygen atoms in total. The molecule has 0 amide bonds. The third-order valence-electron chi connectivity index (χ3n) is 15.0. The van der Waals surface area contributed by atoms with Gasteiger partial charge < -0.3 is 15.2 Å². The van der Waals surface area contributed by atoms with Crippen molar-refractivity contribution in [1.29, 1.82) is 0 Å². The summed E-state index contributed by atoms with van der Waals surface area (Å²) >= 11 is 0. The Balaban J connectivity index is 0.895. The first kappa shape index (κ1) is 39.8. The summed E-state index contributed by atoms with van der Waals surface area (Å²) in [6, 6.07) is 61.7. The number of hydrogen-bond acceptors (Lipinski definition) is 5. The molecule has 0 saturated carbocycles. The third kappa shape index (κ3) is 6.74. The molecule has 0 radical (unpaired) electrons. The predicted molar refractivity (Wildman–Crippen MR) is 278 cm³/mol. The number of nitrogens with one attached hydrogen (secondary N) is 3. The van der Waals surface area contributed by atoms with Crippen molar-refractivity contribution in [3.63, 3.8) is 0 Å². The second-order valence-corrected chi connectivity index (χ2v) is 18.6. The molecule has 0 bridgehead atoms. The summed E-state index contributed by atoms with van der Waals surface area (Å²) in [5.41, 5.74) is 24.4. The minimum atomic E-state index is -0.158. The summed E-state index contributed by atoms with van der Waals surface area (Å²) in [7, 11) is 0. The van der Waals surface area contributed by atoms with Gasteiger partial charge in [0.15, 0.2) is 0 Å². The molecule has 3 aliphatic carbocycles. The number of nitrogen functional groups attached to an aromatic ring is 1. The van der Waals surface area contributed by atoms with E-state index in [0.717, 1.165) is 41.7 Å². The van der Waals surface area contributed by atoms with Crippen LogP contribution in [0, 0.1) is 5.92 Å². The molecule has 326 valence electrons. The Morgan fingerprint density at radius 2 is 1.31 bits per heavy atom. The number of benzene rings is 7. The molecule has 0 spiro atoms. The van der Waals surface area contributed by atoms with Crippen molar-refractivity contribution in [3.8, 4) is 5.69 Å². The molecule has 1 aromatic heterocycles. The van der Waals surface area contributed by atoms with Crippen molar-refractivity contribution < 1.29 is 0 Å². The number of anilines is 3. The lowest BCUT2D eigenvalue weighted by molar-refractivity contribution is 0.188. The summed E-state index contributed by atoms with van der Waals surface area (Å²) in [4.78, 5) is 2.57. The molecule has 6 heteroatoms. The molecular formula is C61H52N6. The van der Waals surface area contributed by atoms with Crippen LogP contribution in [0.15, 0.2) is 212 Å². The lowest BCUT2D eigenvalue weighted by Crippen LogP contribution is -2.66. The fourth-order valence-corrected chi connectivity index (χ4v) is 11.9. The van der Waals surface area contributed by atoms with Gasteiger partial charge in [-0.25, -0.2) is 0 Å². The second-order valence-electron chi connectivity index (χ2n) is 18.6. The molecule has 1 fully saturated rings. The van der Waals surface area contributed by atoms with Crippen molar-refractivity contribution in [1.82, 2.24) is 20.5 Å². The van der Waals surface area contributed by atoms with Gasteiger partial charge in [-0.1, -0.05) is 182 Å². The van der Waals surface area contributed by atoms with Crippen molar-refractivity contribution >= 4 is 56.0 Å². The molecule has 8 aromatic rings. The fraction of sp³-hybridized carbons (Fsp3) is 0.148. The largest absolute Gasteiger partial charge is 0.397 e. The number of nitrogens with zero attached hydrogens (tertiary/aromatic N) is 2. The molecule has 5 aliphatic rings. The Morgan fingerprint density at radius 1 is 0.582 bits per heavy atom. The molecule has 5 N–H and O–H groups in total. The highest BCUT2D eigenvalue weighted by molar-refractivity contribution is 6.00. The normalized spacial score (nSPS) is 23.0. The van der Waals surface area contributed by atoms with Gasteiger partial charge in [-0.05, 0) is 94.0 Å². The Morgan fingerprint density at radius 3 is 2.15 bits per heavy atom. The first-order valence-electron chi connectivity index (χ1n) is 23.9. The maximum atomic E-state index is 7.42. The molecule has 2 aliphatic heterocycles. The van der Waals surface area contributed by atoms with Crippen LogP contribution in [-0.2, 0) is 0 Å². The number of para-hydroxylation sites is 2. The zero-order valence-corrected chi connectivity index (χ0v) is 37.3. The third-order valence-corrected chi connectivity index (χ3v) is 15.0. The highest BCUT2D eigenvalue weighted by atomic mass is 15.4. The van der Waals surface area contributed by atoms with Gasteiger partial charge in [0.2, 0.25) is 0 Å². The van der Waals surface area contributed by atoms with E-state index >= 15 is 0 Å². The van der Waals surface area contributed by atoms with E-state index in [2.05, 4.69) is 238 Å². The quantitative estimate of drug-likeness (QED) is 0.120. The van der Waals surface area contributed by atoms with Gasteiger partial charge in [-0.15, -0.1) is 0 Å². The maximum absolute atomic E-state index is 7.42. The van der Waals surface area contributed by atoms with Crippen molar-refractivity contribution in [2.24, 2.45) is 5.92 Å². The van der Waals surface area contributed by atoms with Crippen LogP contribution in [0.5, 0.6) is 0 Å². The van der Waals surface area contributed by atoms with E-state index in [1.54, 1.807) is 0 Å². The molecule has 67 heavy (non-hydrogen) atoms. The summed E-state index contributed by atoms with van der Waals surface area (Å²) in [5, 5.41) is 15.9. The summed E-state index contributed by atoms with van der Waals surface area (Å²) in [6.07, 6.45) is 19.0. The molecule has 6 unspecified atom stereocenters. The zero-order chi connectivity index (χ0) is 44.4. The van der Waals surface area contributed by atoms with E-state index in [1.807, 2.05) is 0 Å². The van der Waals surface area contributed by atoms with Gasteiger partial charge in [0.05, 0.1) is 47.3 Å². The van der Waals surface area contributed by atoms with E-state index in [-0.39, 0.29) is 36.4 Å². The average Bonchev–Trinajstić information content (AvgIpc) is 3.91. The predicted octanol–water partition coefficient (Wildman–Crippen LogP) is 12.9. The number of fused-ring (bicyclic) bond motifs is 8. The maximum Gasteiger partial charge on any atom is 0.0862 e. The van der Waals surface area contributed by atoms with Crippen LogP contribution >= 0.6 is 0 Å². The summed E-state index contributed by atoms with van der Waals surface area (Å²) in [5.74, 6) is 0.296. The number of allylic oxidation sites excluding steroid dienone is 6. The SMILES string of the molecule is Nc1cc(C2NC(C3=CC=C(c4ccccc4)CC3)NC(C3CC=CC=C3c3ccccc3)N2)ccc1-n1c2c(c3ccccc31)C=CC1C2c2ccccc2N1c1cccc2ccccc12. The van der Waals surface area contributed by atoms with Gasteiger partial charge in [0.1, 0.15) is 0 Å². The number of aromatic nitrogens is 1. The second kappa shape index (κ2) is 16.4. The van der Waals surface area contributed by atoms with E-state index in [1.165, 1.54) is 72.2 Å². The van der Waals surface area contributed by atoms with Crippen molar-refractivity contribution in [2.75, 3.05) is 10.6 Å². The van der Waals surface area contributed by atoms with E-state index < -0.39 is 0 Å². The number of rotatable bonds is 7. The van der Waals surface area contributed by atoms with Gasteiger partial charge in [-0.3, -0.25) is 16.0 Å². The van der Waals surface area contributed by atoms with Crippen LogP contribution in [0.4, 0.5) is 17.1 Å². The summed E-state index contributed by atoms with van der Waals surface area (Å²) < 4.78 is 2.47. The number of hydrogen-bond donors (Lipinski definition) is 4. The van der Waals surface area contributed by atoms with Crippen molar-refractivity contribution in [2.45, 2.75) is 49.7 Å². The minimum absolute atomic E-state index is 0.00907. The molecule has 1 saturated heterocycles. The Bertz CT molecular complexity index is 3370. The van der Waals surface area contributed by atoms with E-state index in [4.69, 9.17) is 5.73 Å². The van der Waals surface area contributed by atoms with Crippen LogP contribution < -0.4 is 26.6 Å². The number of nitrogens with two attached hydrogens (primary N) is 1. The van der Waals surface area contributed by atoms with Crippen LogP contribution in [0.3, 0.4) is 0 Å². The first-order chi connectivity index (χ1) is 33.2. The van der Waals surface area contributed by atoms with E-state index in [9.17, 15) is 0 Å². The smallest absolute Gasteiger partial charge is 0.0862 e. The highest BCUT2D eigenvalue weighted by Crippen LogP contribution is 2.54. The monoisotopic (exact) mass is 868 g/mol. The highest BCUT2D eigenvalue weighted by Gasteiger charge is 2.44. The Labute approximate surface area is 392 Å². The Kier molecular flexibility index (Phi) is 9.78. The van der Waals surface area contributed by atoms with Crippen LogP contribution in [-0.4, -0.2) is 22.9 Å². The van der Waals surface area contributed by atoms with Gasteiger partial charge in [0, 0.05) is 39.3 Å². The molecular weight excluding hydrogens is 817 g/mol. The minimum Gasteiger partial charge on any atom is -0.397 e.